The van der Waals surface area contributed by atoms with Gasteiger partial charge in [-0.25, -0.2) is 4.79 Å². The third kappa shape index (κ3) is 3.27. The van der Waals surface area contributed by atoms with Gasteiger partial charge in [-0.1, -0.05) is 0 Å². The topological polar surface area (TPSA) is 67.6 Å². The second kappa shape index (κ2) is 5.98. The first kappa shape index (κ1) is 13.2. The van der Waals surface area contributed by atoms with Gasteiger partial charge in [-0.2, -0.15) is 0 Å². The monoisotopic (exact) mass is 237 g/mol. The molecular formula is C12H19N3O2. The summed E-state index contributed by atoms with van der Waals surface area (Å²) in [6, 6.07) is 5.56. The minimum absolute atomic E-state index is 0.520. The number of hydrogen-bond acceptors (Lipinski definition) is 4. The van der Waals surface area contributed by atoms with Crippen molar-refractivity contribution in [2.45, 2.75) is 13.8 Å². The van der Waals surface area contributed by atoms with Crippen LogP contribution in [0.3, 0.4) is 0 Å². The van der Waals surface area contributed by atoms with Crippen molar-refractivity contribution in [3.63, 3.8) is 0 Å². The Morgan fingerprint density at radius 2 is 2.06 bits per heavy atom. The molecule has 1 amide bonds. The van der Waals surface area contributed by atoms with Crippen LogP contribution in [0.15, 0.2) is 18.2 Å². The summed E-state index contributed by atoms with van der Waals surface area (Å²) in [7, 11) is 1.32. The number of nitrogens with zero attached hydrogens (tertiary/aromatic N) is 1. The number of anilines is 3. The van der Waals surface area contributed by atoms with Crippen LogP contribution in [-0.4, -0.2) is 26.3 Å². The fourth-order valence-corrected chi connectivity index (χ4v) is 1.60. The SMILES string of the molecule is CCN(CC)c1ccc(N)c(NC(=O)OC)c1. The van der Waals surface area contributed by atoms with Gasteiger partial charge in [-0.15, -0.1) is 0 Å². The number of nitrogens with two attached hydrogens (primary N) is 1. The van der Waals surface area contributed by atoms with Gasteiger partial charge in [-0.3, -0.25) is 5.32 Å². The first-order valence-corrected chi connectivity index (χ1v) is 5.61. The van der Waals surface area contributed by atoms with Crippen LogP contribution < -0.4 is 16.0 Å². The van der Waals surface area contributed by atoms with Gasteiger partial charge in [0.05, 0.1) is 18.5 Å². The van der Waals surface area contributed by atoms with Crippen LogP contribution in [0.1, 0.15) is 13.8 Å². The lowest BCUT2D eigenvalue weighted by molar-refractivity contribution is 0.187. The van der Waals surface area contributed by atoms with Crippen LogP contribution >= 0.6 is 0 Å². The average molecular weight is 237 g/mol. The van der Waals surface area contributed by atoms with Gasteiger partial charge in [0.2, 0.25) is 0 Å². The molecule has 0 fully saturated rings. The molecule has 0 aliphatic rings. The molecule has 0 aliphatic carbocycles. The van der Waals surface area contributed by atoms with E-state index >= 15 is 0 Å². The molecule has 5 nitrogen and oxygen atoms in total. The molecule has 94 valence electrons. The fraction of sp³-hybridized carbons (Fsp3) is 0.417. The second-order valence-corrected chi connectivity index (χ2v) is 3.56. The highest BCUT2D eigenvalue weighted by atomic mass is 16.5. The van der Waals surface area contributed by atoms with Gasteiger partial charge >= 0.3 is 6.09 Å². The smallest absolute Gasteiger partial charge is 0.411 e. The van der Waals surface area contributed by atoms with Crippen molar-refractivity contribution >= 4 is 23.2 Å². The quantitative estimate of drug-likeness (QED) is 0.788. The number of benzene rings is 1. The van der Waals surface area contributed by atoms with Crippen molar-refractivity contribution < 1.29 is 9.53 Å². The summed E-state index contributed by atoms with van der Waals surface area (Å²) in [5, 5.41) is 2.59. The zero-order chi connectivity index (χ0) is 12.8. The van der Waals surface area contributed by atoms with E-state index in [9.17, 15) is 4.79 Å². The molecule has 17 heavy (non-hydrogen) atoms. The zero-order valence-corrected chi connectivity index (χ0v) is 10.5. The number of nitrogen functional groups attached to an aromatic ring is 1. The van der Waals surface area contributed by atoms with E-state index in [0.717, 1.165) is 18.8 Å². The molecule has 0 radical (unpaired) electrons. The molecule has 3 N–H and O–H groups in total. The molecule has 0 aromatic heterocycles. The van der Waals surface area contributed by atoms with Gasteiger partial charge in [0.1, 0.15) is 0 Å². The number of hydrogen-bond donors (Lipinski definition) is 2. The Morgan fingerprint density at radius 3 is 2.59 bits per heavy atom. The van der Waals surface area contributed by atoms with Crippen molar-refractivity contribution in [2.24, 2.45) is 0 Å². The Bertz CT molecular complexity index is 389. The maximum Gasteiger partial charge on any atom is 0.411 e. The summed E-state index contributed by atoms with van der Waals surface area (Å²) in [4.78, 5) is 13.3. The number of nitrogens with one attached hydrogen (secondary N) is 1. The van der Waals surface area contributed by atoms with Gasteiger partial charge in [-0.05, 0) is 32.0 Å². The predicted octanol–water partition coefficient (Wildman–Crippen LogP) is 2.29. The number of ether oxygens (including phenoxy) is 1. The molecule has 1 rings (SSSR count). The van der Waals surface area contributed by atoms with Crippen molar-refractivity contribution in [3.8, 4) is 0 Å². The first-order valence-electron chi connectivity index (χ1n) is 5.61. The van der Waals surface area contributed by atoms with Crippen molar-refractivity contribution in [1.29, 1.82) is 0 Å². The van der Waals surface area contributed by atoms with Crippen LogP contribution in [-0.2, 0) is 4.74 Å². The maximum absolute atomic E-state index is 11.2. The fourth-order valence-electron chi connectivity index (χ4n) is 1.60. The Labute approximate surface area is 102 Å². The molecule has 1 aromatic rings. The minimum atomic E-state index is -0.520. The Kier molecular flexibility index (Phi) is 4.63. The molecule has 0 saturated carbocycles. The number of amides is 1. The van der Waals surface area contributed by atoms with Crippen LogP contribution in [0.2, 0.25) is 0 Å². The van der Waals surface area contributed by atoms with Gasteiger partial charge in [0.25, 0.3) is 0 Å². The highest BCUT2D eigenvalue weighted by Crippen LogP contribution is 2.25. The normalized spacial score (nSPS) is 9.82. The lowest BCUT2D eigenvalue weighted by atomic mass is 10.2. The molecular weight excluding hydrogens is 218 g/mol. The summed E-state index contributed by atoms with van der Waals surface area (Å²) in [5.74, 6) is 0. The largest absolute Gasteiger partial charge is 0.453 e. The number of rotatable bonds is 4. The third-order valence-electron chi connectivity index (χ3n) is 2.59. The van der Waals surface area contributed by atoms with Crippen LogP contribution in [0, 0.1) is 0 Å². The second-order valence-electron chi connectivity index (χ2n) is 3.56. The standard InChI is InChI=1S/C12H19N3O2/c1-4-15(5-2)9-6-7-10(13)11(8-9)14-12(16)17-3/h6-8H,4-5,13H2,1-3H3,(H,14,16). The molecule has 0 saturated heterocycles. The molecule has 0 unspecified atom stereocenters. The average Bonchev–Trinajstić information content (AvgIpc) is 2.34. The van der Waals surface area contributed by atoms with Gasteiger partial charge in [0, 0.05) is 18.8 Å². The summed E-state index contributed by atoms with van der Waals surface area (Å²) in [6.07, 6.45) is -0.520. The number of carbonyl (C=O) groups is 1. The molecule has 0 atom stereocenters. The van der Waals surface area contributed by atoms with E-state index in [1.165, 1.54) is 7.11 Å². The molecule has 0 bridgehead atoms. The Balaban J connectivity index is 2.97. The molecule has 5 heteroatoms. The van der Waals surface area contributed by atoms with Crippen molar-refractivity contribution in [2.75, 3.05) is 36.1 Å². The van der Waals surface area contributed by atoms with Crippen LogP contribution in [0.4, 0.5) is 21.9 Å². The van der Waals surface area contributed by atoms with Crippen LogP contribution in [0.5, 0.6) is 0 Å². The molecule has 0 aliphatic heterocycles. The van der Waals surface area contributed by atoms with E-state index in [0.29, 0.717) is 11.4 Å². The summed E-state index contributed by atoms with van der Waals surface area (Å²) >= 11 is 0. The zero-order valence-electron chi connectivity index (χ0n) is 10.5. The third-order valence-corrected chi connectivity index (χ3v) is 2.59. The van der Waals surface area contributed by atoms with Gasteiger partial charge in [0.15, 0.2) is 0 Å². The van der Waals surface area contributed by atoms with E-state index in [1.807, 2.05) is 12.1 Å². The van der Waals surface area contributed by atoms with E-state index in [2.05, 4.69) is 28.8 Å². The number of methoxy groups -OCH3 is 1. The number of carbonyl (C=O) groups excluding carboxylic acids is 1. The predicted molar refractivity (Wildman–Crippen MR) is 70.4 cm³/mol. The minimum Gasteiger partial charge on any atom is -0.453 e. The highest BCUT2D eigenvalue weighted by molar-refractivity contribution is 5.90. The lowest BCUT2D eigenvalue weighted by Crippen LogP contribution is -2.22. The summed E-state index contributed by atoms with van der Waals surface area (Å²) < 4.78 is 4.54. The first-order chi connectivity index (χ1) is 8.12. The summed E-state index contributed by atoms with van der Waals surface area (Å²) in [6.45, 7) is 5.96. The van der Waals surface area contributed by atoms with Crippen molar-refractivity contribution in [3.05, 3.63) is 18.2 Å². The Morgan fingerprint density at radius 1 is 1.41 bits per heavy atom. The molecule has 0 heterocycles. The lowest BCUT2D eigenvalue weighted by Gasteiger charge is -2.22. The van der Waals surface area contributed by atoms with E-state index in [-0.39, 0.29) is 0 Å². The van der Waals surface area contributed by atoms with Crippen LogP contribution in [0.25, 0.3) is 0 Å². The highest BCUT2D eigenvalue weighted by Gasteiger charge is 2.08. The maximum atomic E-state index is 11.2. The van der Waals surface area contributed by atoms with Gasteiger partial charge < -0.3 is 15.4 Å². The molecule has 1 aromatic carbocycles. The summed E-state index contributed by atoms with van der Waals surface area (Å²) in [5.41, 5.74) is 7.90. The van der Waals surface area contributed by atoms with E-state index < -0.39 is 6.09 Å². The molecule has 0 spiro atoms. The van der Waals surface area contributed by atoms with Crippen molar-refractivity contribution in [1.82, 2.24) is 0 Å². The Hall–Kier alpha value is -1.91. The van der Waals surface area contributed by atoms with E-state index in [4.69, 9.17) is 5.73 Å². The van der Waals surface area contributed by atoms with E-state index in [1.54, 1.807) is 6.07 Å².